The molecule has 3 nitrogen and oxygen atoms in total. The second-order valence-corrected chi connectivity index (χ2v) is 5.61. The van der Waals surface area contributed by atoms with E-state index < -0.39 is 0 Å². The topological polar surface area (TPSA) is 24.5 Å². The maximum absolute atomic E-state index is 5.80. The lowest BCUT2D eigenvalue weighted by Gasteiger charge is -2.20. The third kappa shape index (κ3) is 4.94. The Balaban J connectivity index is 1.50. The molecule has 0 radical (unpaired) electrons. The Morgan fingerprint density at radius 3 is 2.53 bits per heavy atom. The molecule has 2 unspecified atom stereocenters. The van der Waals surface area contributed by atoms with Crippen molar-refractivity contribution in [3.05, 3.63) is 0 Å². The van der Waals surface area contributed by atoms with Gasteiger partial charge in [-0.05, 0) is 45.7 Å². The van der Waals surface area contributed by atoms with E-state index in [1.165, 1.54) is 58.2 Å². The standard InChI is InChI=1S/C14H28N2O/c1-13-6-7-14(17-13)12-15-8-11-16-9-4-2-3-5-10-16/h13-15H,2-12H2,1H3. The minimum Gasteiger partial charge on any atom is -0.374 e. The van der Waals surface area contributed by atoms with Crippen molar-refractivity contribution in [2.45, 2.75) is 57.7 Å². The fourth-order valence-corrected chi connectivity index (χ4v) is 2.90. The number of likely N-dealkylation sites (tertiary alicyclic amines) is 1. The molecule has 17 heavy (non-hydrogen) atoms. The van der Waals surface area contributed by atoms with Gasteiger partial charge in [0.2, 0.25) is 0 Å². The number of nitrogens with one attached hydrogen (secondary N) is 1. The average molecular weight is 240 g/mol. The smallest absolute Gasteiger partial charge is 0.0704 e. The van der Waals surface area contributed by atoms with Crippen molar-refractivity contribution in [2.75, 3.05) is 32.7 Å². The van der Waals surface area contributed by atoms with Crippen LogP contribution in [0, 0.1) is 0 Å². The van der Waals surface area contributed by atoms with E-state index in [2.05, 4.69) is 17.1 Å². The van der Waals surface area contributed by atoms with Crippen LogP contribution in [0.2, 0.25) is 0 Å². The Bertz CT molecular complexity index is 202. The summed E-state index contributed by atoms with van der Waals surface area (Å²) in [5.74, 6) is 0. The van der Waals surface area contributed by atoms with Gasteiger partial charge in [-0.25, -0.2) is 0 Å². The van der Waals surface area contributed by atoms with E-state index in [0.717, 1.165) is 13.1 Å². The van der Waals surface area contributed by atoms with Gasteiger partial charge in [0.15, 0.2) is 0 Å². The summed E-state index contributed by atoms with van der Waals surface area (Å²) < 4.78 is 5.80. The highest BCUT2D eigenvalue weighted by molar-refractivity contribution is 4.73. The molecule has 0 aromatic rings. The molecule has 3 heteroatoms. The molecule has 0 bridgehead atoms. The molecule has 0 saturated carbocycles. The maximum Gasteiger partial charge on any atom is 0.0704 e. The molecule has 0 amide bonds. The SMILES string of the molecule is CC1CCC(CNCCN2CCCCCC2)O1. The quantitative estimate of drug-likeness (QED) is 0.744. The fraction of sp³-hybridized carbons (Fsp3) is 1.00. The molecule has 0 aromatic carbocycles. The number of hydrogen-bond donors (Lipinski definition) is 1. The van der Waals surface area contributed by atoms with E-state index in [1.54, 1.807) is 0 Å². The van der Waals surface area contributed by atoms with E-state index in [9.17, 15) is 0 Å². The Labute approximate surface area is 106 Å². The third-order valence-electron chi connectivity index (χ3n) is 4.00. The van der Waals surface area contributed by atoms with Gasteiger partial charge < -0.3 is 15.0 Å². The van der Waals surface area contributed by atoms with Gasteiger partial charge in [-0.2, -0.15) is 0 Å². The highest BCUT2D eigenvalue weighted by Crippen LogP contribution is 2.18. The van der Waals surface area contributed by atoms with Gasteiger partial charge in [0.05, 0.1) is 12.2 Å². The van der Waals surface area contributed by atoms with Gasteiger partial charge >= 0.3 is 0 Å². The zero-order valence-electron chi connectivity index (χ0n) is 11.3. The molecule has 2 aliphatic heterocycles. The van der Waals surface area contributed by atoms with Gasteiger partial charge in [0.25, 0.3) is 0 Å². The first-order valence-corrected chi connectivity index (χ1v) is 7.43. The summed E-state index contributed by atoms with van der Waals surface area (Å²) in [7, 11) is 0. The maximum atomic E-state index is 5.80. The molecule has 2 atom stereocenters. The summed E-state index contributed by atoms with van der Waals surface area (Å²) in [5.41, 5.74) is 0. The zero-order valence-corrected chi connectivity index (χ0v) is 11.3. The van der Waals surface area contributed by atoms with Crippen LogP contribution in [0.1, 0.15) is 45.4 Å². The minimum atomic E-state index is 0.467. The fourth-order valence-electron chi connectivity index (χ4n) is 2.90. The number of nitrogens with zero attached hydrogens (tertiary/aromatic N) is 1. The van der Waals surface area contributed by atoms with Crippen LogP contribution in [-0.4, -0.2) is 49.8 Å². The van der Waals surface area contributed by atoms with Crippen molar-refractivity contribution in [2.24, 2.45) is 0 Å². The molecule has 2 rings (SSSR count). The highest BCUT2D eigenvalue weighted by Gasteiger charge is 2.20. The summed E-state index contributed by atoms with van der Waals surface area (Å²) in [5, 5.41) is 3.55. The molecule has 2 saturated heterocycles. The Kier molecular flexibility index (Phi) is 5.75. The van der Waals surface area contributed by atoms with Gasteiger partial charge in [0.1, 0.15) is 0 Å². The monoisotopic (exact) mass is 240 g/mol. The molecule has 2 aliphatic rings. The van der Waals surface area contributed by atoms with E-state index >= 15 is 0 Å². The lowest BCUT2D eigenvalue weighted by molar-refractivity contribution is 0.0557. The zero-order chi connectivity index (χ0) is 11.9. The number of ether oxygens (including phenoxy) is 1. The first kappa shape index (κ1) is 13.3. The van der Waals surface area contributed by atoms with E-state index in [4.69, 9.17) is 4.74 Å². The normalized spacial score (nSPS) is 31.6. The molecular weight excluding hydrogens is 212 g/mol. The lowest BCUT2D eigenvalue weighted by Crippen LogP contribution is -2.35. The predicted octanol–water partition coefficient (Wildman–Crippen LogP) is 2.02. The molecule has 0 spiro atoms. The van der Waals surface area contributed by atoms with Crippen molar-refractivity contribution in [1.82, 2.24) is 10.2 Å². The van der Waals surface area contributed by atoms with Crippen LogP contribution in [0.15, 0.2) is 0 Å². The van der Waals surface area contributed by atoms with Gasteiger partial charge in [0, 0.05) is 19.6 Å². The van der Waals surface area contributed by atoms with E-state index in [-0.39, 0.29) is 0 Å². The molecule has 2 heterocycles. The van der Waals surface area contributed by atoms with Crippen LogP contribution in [0.3, 0.4) is 0 Å². The molecule has 1 N–H and O–H groups in total. The molecule has 0 aliphatic carbocycles. The third-order valence-corrected chi connectivity index (χ3v) is 4.00. The first-order chi connectivity index (χ1) is 8.34. The number of hydrogen-bond acceptors (Lipinski definition) is 3. The van der Waals surface area contributed by atoms with Crippen LogP contribution in [0.25, 0.3) is 0 Å². The summed E-state index contributed by atoms with van der Waals surface area (Å²) in [4.78, 5) is 2.61. The molecule has 2 fully saturated rings. The van der Waals surface area contributed by atoms with E-state index in [1.807, 2.05) is 0 Å². The van der Waals surface area contributed by atoms with Crippen LogP contribution in [0.4, 0.5) is 0 Å². The van der Waals surface area contributed by atoms with Crippen molar-refractivity contribution >= 4 is 0 Å². The summed E-state index contributed by atoms with van der Waals surface area (Å²) in [6, 6.07) is 0. The van der Waals surface area contributed by atoms with Crippen LogP contribution >= 0.6 is 0 Å². The second-order valence-electron chi connectivity index (χ2n) is 5.61. The Morgan fingerprint density at radius 2 is 1.88 bits per heavy atom. The van der Waals surface area contributed by atoms with Gasteiger partial charge in [-0.3, -0.25) is 0 Å². The molecule has 100 valence electrons. The predicted molar refractivity (Wildman–Crippen MR) is 71.3 cm³/mol. The van der Waals surface area contributed by atoms with Crippen LogP contribution < -0.4 is 5.32 Å². The Morgan fingerprint density at radius 1 is 1.12 bits per heavy atom. The van der Waals surface area contributed by atoms with Crippen molar-refractivity contribution in [3.8, 4) is 0 Å². The number of rotatable bonds is 5. The van der Waals surface area contributed by atoms with Crippen LogP contribution in [-0.2, 0) is 4.74 Å². The van der Waals surface area contributed by atoms with Crippen LogP contribution in [0.5, 0.6) is 0 Å². The largest absolute Gasteiger partial charge is 0.374 e. The minimum absolute atomic E-state index is 0.467. The lowest BCUT2D eigenvalue weighted by atomic mass is 10.2. The van der Waals surface area contributed by atoms with Gasteiger partial charge in [-0.1, -0.05) is 12.8 Å². The van der Waals surface area contributed by atoms with Gasteiger partial charge in [-0.15, -0.1) is 0 Å². The highest BCUT2D eigenvalue weighted by atomic mass is 16.5. The van der Waals surface area contributed by atoms with E-state index in [0.29, 0.717) is 12.2 Å². The summed E-state index contributed by atoms with van der Waals surface area (Å²) in [6.07, 6.45) is 9.06. The first-order valence-electron chi connectivity index (χ1n) is 7.43. The average Bonchev–Trinajstić information content (AvgIpc) is 2.59. The summed E-state index contributed by atoms with van der Waals surface area (Å²) in [6.45, 7) is 8.16. The molecule has 0 aromatic heterocycles. The van der Waals surface area contributed by atoms with Crippen molar-refractivity contribution < 1.29 is 4.74 Å². The van der Waals surface area contributed by atoms with Crippen molar-refractivity contribution in [1.29, 1.82) is 0 Å². The summed E-state index contributed by atoms with van der Waals surface area (Å²) >= 11 is 0. The Hall–Kier alpha value is -0.120. The molecular formula is C14H28N2O. The second kappa shape index (κ2) is 7.34. The van der Waals surface area contributed by atoms with Crippen molar-refractivity contribution in [3.63, 3.8) is 0 Å².